The third-order valence-electron chi connectivity index (χ3n) is 0. The van der Waals surface area contributed by atoms with Gasteiger partial charge in [-0.05, 0) is 0 Å². The highest BCUT2D eigenvalue weighted by atomic mass is 14.5. The molecule has 0 aliphatic rings. The number of hydrogen-bond acceptors (Lipinski definition) is 2. The second kappa shape index (κ2) is 45.3. The molecule has 0 aromatic heterocycles. The van der Waals surface area contributed by atoms with Gasteiger partial charge in [-0.15, -0.1) is 0 Å². The fraction of sp³-hybridized carbons (Fsp3) is 0. The average molecular weight is 54.1 g/mol. The van der Waals surface area contributed by atoms with Crippen molar-refractivity contribution in [1.82, 2.24) is 0 Å². The van der Waals surface area contributed by atoms with Crippen molar-refractivity contribution in [3.05, 3.63) is 7.43 Å². The molecule has 0 rings (SSSR count). The Morgan fingerprint density at radius 2 is 1.75 bits per heavy atom. The highest BCUT2D eigenvalue weighted by Gasteiger charge is 1.12. The number of nitrogens with two attached hydrogens (primary N) is 1. The van der Waals surface area contributed by atoms with Gasteiger partial charge in [0, 0.05) is 7.43 Å². The van der Waals surface area contributed by atoms with E-state index in [2.05, 4.69) is 5.73 Å². The summed E-state index contributed by atoms with van der Waals surface area (Å²) in [7, 11) is 0. The van der Waals surface area contributed by atoms with Gasteiger partial charge < -0.3 is 5.73 Å². The van der Waals surface area contributed by atoms with Gasteiger partial charge in [0.2, 0.25) is 0 Å². The molecule has 0 aliphatic heterocycles. The van der Waals surface area contributed by atoms with Gasteiger partial charge in [0.25, 0.3) is 0 Å². The van der Waals surface area contributed by atoms with Crippen LogP contribution in [0.4, 0.5) is 0 Å². The fourth-order valence-electron chi connectivity index (χ4n) is 0. The average Bonchev–Trinajstić information content (AvgIpc) is 0.918. The molecule has 2 nitrogen and oxygen atoms in total. The summed E-state index contributed by atoms with van der Waals surface area (Å²) in [6, 6.07) is 0. The Morgan fingerprint density at radius 3 is 1.75 bits per heavy atom. The van der Waals surface area contributed by atoms with Gasteiger partial charge >= 0.3 is 0 Å². The van der Waals surface area contributed by atoms with Crippen LogP contribution in [0, 0.1) is 18.9 Å². The van der Waals surface area contributed by atoms with Gasteiger partial charge in [0.05, 0.1) is 0 Å². The minimum Gasteiger partial charge on any atom is -0.337 e. The molecule has 0 unspecified atom stereocenters. The first-order valence-corrected chi connectivity index (χ1v) is 0.512. The molecule has 0 aromatic rings. The van der Waals surface area contributed by atoms with Crippen molar-refractivity contribution in [2.75, 3.05) is 0 Å². The molecule has 0 saturated heterocycles. The van der Waals surface area contributed by atoms with E-state index in [1.54, 1.807) is 0 Å². The van der Waals surface area contributed by atoms with E-state index in [9.17, 15) is 0 Å². The zero-order valence-corrected chi connectivity index (χ0v) is 2.02. The third-order valence-corrected chi connectivity index (χ3v) is 0. The van der Waals surface area contributed by atoms with E-state index in [-0.39, 0.29) is 7.43 Å². The van der Waals surface area contributed by atoms with Crippen molar-refractivity contribution < 1.29 is 0 Å². The molecule has 4 heavy (non-hydrogen) atoms. The zero-order chi connectivity index (χ0) is 2.71. The fourth-order valence-corrected chi connectivity index (χ4v) is 0. The van der Waals surface area contributed by atoms with Crippen molar-refractivity contribution in [2.45, 2.75) is 0 Å². The molecule has 0 heterocycles. The Morgan fingerprint density at radius 1 is 1.75 bits per heavy atom. The molecule has 0 spiro atoms. The first kappa shape index (κ1) is 10.4. The van der Waals surface area contributed by atoms with Crippen LogP contribution in [0.15, 0.2) is 0 Å². The predicted molar refractivity (Wildman–Crippen MR) is 13.0 cm³/mol. The van der Waals surface area contributed by atoms with Crippen molar-refractivity contribution in [3.8, 4) is 6.19 Å². The number of nitrogens with zero attached hydrogens (tertiary/aromatic N) is 1. The first-order chi connectivity index (χ1) is 1.41. The van der Waals surface area contributed by atoms with Crippen LogP contribution in [0.2, 0.25) is 0 Å². The molecule has 0 atom stereocenters. The molecule has 4 radical (unpaired) electrons. The van der Waals surface area contributed by atoms with Crippen molar-refractivity contribution in [1.29, 1.82) is 5.26 Å². The van der Waals surface area contributed by atoms with E-state index in [0.29, 0.717) is 0 Å². The maximum atomic E-state index is 7.10. The highest BCUT2D eigenvalue weighted by Crippen LogP contribution is 0.900. The summed E-state index contributed by atoms with van der Waals surface area (Å²) in [5.74, 6) is 0. The lowest BCUT2D eigenvalue weighted by Gasteiger charge is -1.24. The van der Waals surface area contributed by atoms with Crippen LogP contribution in [0.3, 0.4) is 0 Å². The molecule has 2 N–H and O–H groups in total. The second-order valence-electron chi connectivity index (χ2n) is 0.129. The molecule has 20 valence electrons. The smallest absolute Gasteiger partial charge is 0.173 e. The van der Waals surface area contributed by atoms with Gasteiger partial charge in [-0.2, -0.15) is 5.26 Å². The summed E-state index contributed by atoms with van der Waals surface area (Å²) in [6.07, 6.45) is 1.25. The summed E-state index contributed by atoms with van der Waals surface area (Å²) in [5.41, 5.74) is 4.15. The maximum Gasteiger partial charge on any atom is 0.173 e. The molecular weight excluding hydrogens is 52.0 g/mol. The van der Waals surface area contributed by atoms with Crippen LogP contribution >= 0.6 is 0 Å². The Bertz CT molecular complexity index is 25.5. The summed E-state index contributed by atoms with van der Waals surface area (Å²) in [6.45, 7) is 0. The Labute approximate surface area is 25.8 Å². The molecular formula is C2H2N2. The van der Waals surface area contributed by atoms with E-state index < -0.39 is 0 Å². The van der Waals surface area contributed by atoms with Crippen LogP contribution in [-0.4, -0.2) is 0 Å². The zero-order valence-electron chi connectivity index (χ0n) is 2.02. The molecule has 0 bridgehead atoms. The van der Waals surface area contributed by atoms with Crippen LogP contribution in [0.1, 0.15) is 0 Å². The van der Waals surface area contributed by atoms with E-state index in [4.69, 9.17) is 5.26 Å². The standard InChI is InChI=1S/CH2N2.C/c2-1-3;/h2H2;. The van der Waals surface area contributed by atoms with E-state index >= 15 is 0 Å². The van der Waals surface area contributed by atoms with Crippen LogP contribution in [0.25, 0.3) is 0 Å². The number of hydrogen-bond donors (Lipinski definition) is 1. The molecule has 0 amide bonds. The largest absolute Gasteiger partial charge is 0.337 e. The van der Waals surface area contributed by atoms with Gasteiger partial charge in [-0.1, -0.05) is 0 Å². The summed E-state index contributed by atoms with van der Waals surface area (Å²) >= 11 is 0. The second-order valence-corrected chi connectivity index (χ2v) is 0.129. The maximum absolute atomic E-state index is 7.10. The summed E-state index contributed by atoms with van der Waals surface area (Å²) < 4.78 is 0. The first-order valence-electron chi connectivity index (χ1n) is 0.512. The normalized spacial score (nSPS) is 1.75. The van der Waals surface area contributed by atoms with E-state index in [1.165, 1.54) is 6.19 Å². The highest BCUT2D eigenvalue weighted by molar-refractivity contribution is 4.46. The van der Waals surface area contributed by atoms with Crippen molar-refractivity contribution in [2.24, 2.45) is 5.73 Å². The van der Waals surface area contributed by atoms with Gasteiger partial charge in [0.1, 0.15) is 0 Å². The van der Waals surface area contributed by atoms with Gasteiger partial charge in [-0.3, -0.25) is 0 Å². The van der Waals surface area contributed by atoms with Gasteiger partial charge in [-0.25, -0.2) is 0 Å². The van der Waals surface area contributed by atoms with Crippen LogP contribution in [-0.2, 0) is 0 Å². The van der Waals surface area contributed by atoms with Crippen LogP contribution in [0.5, 0.6) is 0 Å². The molecule has 0 aliphatic carbocycles. The number of nitriles is 1. The Balaban J connectivity index is 0. The monoisotopic (exact) mass is 54.0 g/mol. The van der Waals surface area contributed by atoms with Crippen LogP contribution < -0.4 is 5.73 Å². The van der Waals surface area contributed by atoms with Gasteiger partial charge in [0.15, 0.2) is 6.19 Å². The van der Waals surface area contributed by atoms with E-state index in [0.717, 1.165) is 0 Å². The predicted octanol–water partition coefficient (Wildman–Crippen LogP) is -0.493. The number of rotatable bonds is 0. The SMILES string of the molecule is N#CN.[C]. The lowest BCUT2D eigenvalue weighted by Crippen LogP contribution is -1.69. The Hall–Kier alpha value is -0.710. The minimum atomic E-state index is 0. The third kappa shape index (κ3) is 0.215. The molecule has 0 fully saturated rings. The summed E-state index contributed by atoms with van der Waals surface area (Å²) in [4.78, 5) is 0. The lowest BCUT2D eigenvalue weighted by atomic mass is 11.5. The minimum absolute atomic E-state index is 0. The van der Waals surface area contributed by atoms with Crippen molar-refractivity contribution in [3.63, 3.8) is 0 Å². The Kier molecular flexibility index (Phi) is 117. The lowest BCUT2D eigenvalue weighted by molar-refractivity contribution is 1.45. The summed E-state index contributed by atoms with van der Waals surface area (Å²) in [5, 5.41) is 7.10. The van der Waals surface area contributed by atoms with Crippen molar-refractivity contribution >= 4 is 0 Å². The molecule has 0 saturated carbocycles. The van der Waals surface area contributed by atoms with E-state index in [1.807, 2.05) is 0 Å². The quantitative estimate of drug-likeness (QED) is 0.299. The topological polar surface area (TPSA) is 49.8 Å². The molecule has 0 aromatic carbocycles. The molecule has 2 heteroatoms.